The van der Waals surface area contributed by atoms with Gasteiger partial charge in [-0.3, -0.25) is 4.79 Å². The summed E-state index contributed by atoms with van der Waals surface area (Å²) in [6.45, 7) is 2.88. The number of benzene rings is 2. The van der Waals surface area contributed by atoms with E-state index in [1.165, 1.54) is 12.8 Å². The lowest BCUT2D eigenvalue weighted by atomic mass is 9.87. The van der Waals surface area contributed by atoms with Gasteiger partial charge in [0.15, 0.2) is 0 Å². The Morgan fingerprint density at radius 1 is 1.07 bits per heavy atom. The Hall–Kier alpha value is -2.82. The van der Waals surface area contributed by atoms with Gasteiger partial charge in [-0.05, 0) is 55.9 Å². The van der Waals surface area contributed by atoms with Crippen molar-refractivity contribution in [2.75, 3.05) is 0 Å². The number of para-hydroxylation sites is 3. The van der Waals surface area contributed by atoms with Crippen molar-refractivity contribution in [3.63, 3.8) is 0 Å². The molecule has 28 heavy (non-hydrogen) atoms. The van der Waals surface area contributed by atoms with Crippen LogP contribution in [0.15, 0.2) is 54.6 Å². The number of amides is 1. The third-order valence-electron chi connectivity index (χ3n) is 5.53. The van der Waals surface area contributed by atoms with Crippen molar-refractivity contribution >= 4 is 16.9 Å². The molecular weight excluding hydrogens is 350 g/mol. The van der Waals surface area contributed by atoms with E-state index in [1.807, 2.05) is 59.2 Å². The molecule has 1 aliphatic rings. The van der Waals surface area contributed by atoms with E-state index in [-0.39, 0.29) is 12.5 Å². The van der Waals surface area contributed by atoms with Gasteiger partial charge in [0, 0.05) is 6.04 Å². The predicted molar refractivity (Wildman–Crippen MR) is 110 cm³/mol. The number of ether oxygens (including phenoxy) is 1. The van der Waals surface area contributed by atoms with Gasteiger partial charge in [0.05, 0.1) is 11.0 Å². The molecule has 1 N–H and O–H groups in total. The maximum Gasteiger partial charge on any atom is 0.240 e. The molecule has 0 saturated heterocycles. The first-order chi connectivity index (χ1) is 13.7. The van der Waals surface area contributed by atoms with Crippen molar-refractivity contribution < 1.29 is 9.53 Å². The first-order valence-electron chi connectivity index (χ1n) is 10.1. The molecule has 0 spiro atoms. The third kappa shape index (κ3) is 4.35. The molecule has 1 fully saturated rings. The van der Waals surface area contributed by atoms with Crippen LogP contribution in [0.25, 0.3) is 11.0 Å². The molecule has 4 rings (SSSR count). The Kier molecular flexibility index (Phi) is 5.60. The quantitative estimate of drug-likeness (QED) is 0.696. The zero-order chi connectivity index (χ0) is 19.3. The Bertz CT molecular complexity index is 927. The van der Waals surface area contributed by atoms with Crippen LogP contribution >= 0.6 is 0 Å². The molecule has 1 amide bonds. The number of hydrogen-bond donors (Lipinski definition) is 1. The largest absolute Gasteiger partial charge is 0.486 e. The molecule has 1 heterocycles. The number of nitrogens with one attached hydrogen (secondary N) is 1. The normalized spacial score (nSPS) is 19.5. The molecule has 0 unspecified atom stereocenters. The minimum absolute atomic E-state index is 0.0451. The summed E-state index contributed by atoms with van der Waals surface area (Å²) >= 11 is 0. The average Bonchev–Trinajstić information content (AvgIpc) is 3.06. The minimum Gasteiger partial charge on any atom is -0.486 e. The molecule has 3 aromatic rings. The Labute approximate surface area is 165 Å². The monoisotopic (exact) mass is 377 g/mol. The summed E-state index contributed by atoms with van der Waals surface area (Å²) in [5.74, 6) is 2.37. The van der Waals surface area contributed by atoms with Crippen molar-refractivity contribution in [3.05, 3.63) is 60.4 Å². The highest BCUT2D eigenvalue weighted by Gasteiger charge is 2.21. The number of carbonyl (C=O) groups excluding carboxylic acids is 1. The second-order valence-electron chi connectivity index (χ2n) is 7.73. The van der Waals surface area contributed by atoms with Gasteiger partial charge in [-0.25, -0.2) is 4.98 Å². The second kappa shape index (κ2) is 8.46. The smallest absolute Gasteiger partial charge is 0.240 e. The lowest BCUT2D eigenvalue weighted by molar-refractivity contribution is -0.122. The van der Waals surface area contributed by atoms with Crippen LogP contribution in [0.1, 0.15) is 38.4 Å². The molecule has 0 bridgehead atoms. The van der Waals surface area contributed by atoms with E-state index >= 15 is 0 Å². The maximum atomic E-state index is 12.7. The average molecular weight is 377 g/mol. The molecule has 5 nitrogen and oxygen atoms in total. The van der Waals surface area contributed by atoms with Gasteiger partial charge in [0.25, 0.3) is 0 Å². The highest BCUT2D eigenvalue weighted by molar-refractivity contribution is 5.81. The van der Waals surface area contributed by atoms with Gasteiger partial charge < -0.3 is 14.6 Å². The number of rotatable bonds is 6. The Morgan fingerprint density at radius 3 is 2.57 bits per heavy atom. The van der Waals surface area contributed by atoms with Crippen molar-refractivity contribution in [2.45, 2.75) is 51.8 Å². The summed E-state index contributed by atoms with van der Waals surface area (Å²) < 4.78 is 7.86. The minimum atomic E-state index is 0.0451. The number of imidazole rings is 1. The molecule has 1 aliphatic carbocycles. The van der Waals surface area contributed by atoms with E-state index in [0.717, 1.165) is 41.4 Å². The fraction of sp³-hybridized carbons (Fsp3) is 0.391. The summed E-state index contributed by atoms with van der Waals surface area (Å²) in [6, 6.07) is 17.9. The molecular formula is C23H27N3O2. The van der Waals surface area contributed by atoms with E-state index in [0.29, 0.717) is 12.6 Å². The summed E-state index contributed by atoms with van der Waals surface area (Å²) in [7, 11) is 0. The first-order valence-corrected chi connectivity index (χ1v) is 10.1. The Morgan fingerprint density at radius 2 is 1.79 bits per heavy atom. The number of nitrogens with zero attached hydrogens (tertiary/aromatic N) is 2. The van der Waals surface area contributed by atoms with Crippen LogP contribution in [0.3, 0.4) is 0 Å². The number of fused-ring (bicyclic) bond motifs is 1. The lowest BCUT2D eigenvalue weighted by Crippen LogP contribution is -2.39. The summed E-state index contributed by atoms with van der Waals surface area (Å²) in [6.07, 6.45) is 4.52. The maximum absolute atomic E-state index is 12.7. The van der Waals surface area contributed by atoms with Crippen LogP contribution < -0.4 is 10.1 Å². The molecule has 5 heteroatoms. The fourth-order valence-electron chi connectivity index (χ4n) is 3.90. The van der Waals surface area contributed by atoms with Gasteiger partial charge in [-0.15, -0.1) is 0 Å². The SMILES string of the molecule is CC1CCC(NC(=O)Cn2c(COc3ccccc3)nc3ccccc32)CC1. The summed E-state index contributed by atoms with van der Waals surface area (Å²) in [4.78, 5) is 17.4. The van der Waals surface area contributed by atoms with Gasteiger partial charge in [-0.2, -0.15) is 0 Å². The lowest BCUT2D eigenvalue weighted by Gasteiger charge is -2.27. The summed E-state index contributed by atoms with van der Waals surface area (Å²) in [5, 5.41) is 3.22. The molecule has 146 valence electrons. The van der Waals surface area contributed by atoms with Gasteiger partial charge in [-0.1, -0.05) is 37.3 Å². The molecule has 1 saturated carbocycles. The van der Waals surface area contributed by atoms with Gasteiger partial charge in [0.1, 0.15) is 24.7 Å². The topological polar surface area (TPSA) is 56.2 Å². The third-order valence-corrected chi connectivity index (χ3v) is 5.53. The van der Waals surface area contributed by atoms with E-state index < -0.39 is 0 Å². The predicted octanol–water partition coefficient (Wildman–Crippen LogP) is 4.31. The zero-order valence-electron chi connectivity index (χ0n) is 16.3. The molecule has 0 atom stereocenters. The van der Waals surface area contributed by atoms with Crippen LogP contribution in [0.5, 0.6) is 5.75 Å². The van der Waals surface area contributed by atoms with Crippen molar-refractivity contribution in [2.24, 2.45) is 5.92 Å². The molecule has 1 aromatic heterocycles. The Balaban J connectivity index is 1.49. The number of carbonyl (C=O) groups is 1. The highest BCUT2D eigenvalue weighted by atomic mass is 16.5. The van der Waals surface area contributed by atoms with Crippen molar-refractivity contribution in [3.8, 4) is 5.75 Å². The van der Waals surface area contributed by atoms with Crippen LogP contribution in [-0.4, -0.2) is 21.5 Å². The fourth-order valence-corrected chi connectivity index (χ4v) is 3.90. The van der Waals surface area contributed by atoms with Crippen molar-refractivity contribution in [1.82, 2.24) is 14.9 Å². The highest BCUT2D eigenvalue weighted by Crippen LogP contribution is 2.24. The number of aromatic nitrogens is 2. The number of hydrogen-bond acceptors (Lipinski definition) is 3. The van der Waals surface area contributed by atoms with Gasteiger partial charge >= 0.3 is 0 Å². The van der Waals surface area contributed by atoms with E-state index in [9.17, 15) is 4.79 Å². The van der Waals surface area contributed by atoms with Gasteiger partial charge in [0.2, 0.25) is 5.91 Å². The van der Waals surface area contributed by atoms with E-state index in [4.69, 9.17) is 9.72 Å². The van der Waals surface area contributed by atoms with Crippen LogP contribution in [0.4, 0.5) is 0 Å². The standard InChI is InChI=1S/C23H27N3O2/c1-17-11-13-18(14-12-17)24-23(27)15-26-21-10-6-5-9-20(21)25-22(26)16-28-19-7-3-2-4-8-19/h2-10,17-18H,11-16H2,1H3,(H,24,27). The summed E-state index contributed by atoms with van der Waals surface area (Å²) in [5.41, 5.74) is 1.84. The van der Waals surface area contributed by atoms with Crippen LogP contribution in [0, 0.1) is 5.92 Å². The van der Waals surface area contributed by atoms with E-state index in [2.05, 4.69) is 12.2 Å². The van der Waals surface area contributed by atoms with Crippen LogP contribution in [0.2, 0.25) is 0 Å². The zero-order valence-corrected chi connectivity index (χ0v) is 16.3. The van der Waals surface area contributed by atoms with Crippen LogP contribution in [-0.2, 0) is 17.9 Å². The second-order valence-corrected chi connectivity index (χ2v) is 7.73. The molecule has 2 aromatic carbocycles. The molecule has 0 radical (unpaired) electrons. The van der Waals surface area contributed by atoms with Crippen molar-refractivity contribution in [1.29, 1.82) is 0 Å². The first kappa shape index (κ1) is 18.5. The molecule has 0 aliphatic heterocycles. The van der Waals surface area contributed by atoms with E-state index in [1.54, 1.807) is 0 Å².